The van der Waals surface area contributed by atoms with Crippen LogP contribution in [0.25, 0.3) is 0 Å². The van der Waals surface area contributed by atoms with E-state index in [2.05, 4.69) is 21.8 Å². The van der Waals surface area contributed by atoms with Gasteiger partial charge in [-0.05, 0) is 104 Å². The van der Waals surface area contributed by atoms with Crippen LogP contribution in [0.2, 0.25) is 5.02 Å². The van der Waals surface area contributed by atoms with Crippen LogP contribution >= 0.6 is 11.6 Å². The highest BCUT2D eigenvalue weighted by atomic mass is 35.5. The number of aliphatic hydroxyl groups excluding tert-OH is 1. The highest BCUT2D eigenvalue weighted by molar-refractivity contribution is 7.90. The molecule has 1 amide bonds. The second kappa shape index (κ2) is 12.8. The molecule has 0 radical (unpaired) electrons. The van der Waals surface area contributed by atoms with E-state index in [9.17, 15) is 18.3 Å². The van der Waals surface area contributed by atoms with Crippen molar-refractivity contribution in [2.75, 3.05) is 31.7 Å². The topological polar surface area (TPSA) is 105 Å². The molecule has 0 saturated heterocycles. The van der Waals surface area contributed by atoms with Crippen molar-refractivity contribution in [3.63, 3.8) is 0 Å². The molecule has 7 rings (SSSR count). The number of carbonyl (C=O) groups excluding carboxylic acids is 1. The number of ether oxygens (including phenoxy) is 2. The van der Waals surface area contributed by atoms with Crippen LogP contribution in [-0.2, 0) is 26.6 Å². The summed E-state index contributed by atoms with van der Waals surface area (Å²) >= 11 is 6.41. The maximum absolute atomic E-state index is 13.9. The number of sulfonamides is 1. The normalized spacial score (nSPS) is 33.3. The number of carbonyl (C=O) groups is 1. The first-order valence-corrected chi connectivity index (χ1v) is 18.8. The number of nitrogens with one attached hydrogen (secondary N) is 1. The lowest BCUT2D eigenvalue weighted by molar-refractivity contribution is 0.0450. The first kappa shape index (κ1) is 32.0. The minimum Gasteiger partial charge on any atom is -0.490 e. The van der Waals surface area contributed by atoms with Crippen molar-refractivity contribution in [3.05, 3.63) is 70.3 Å². The summed E-state index contributed by atoms with van der Waals surface area (Å²) in [4.78, 5) is 16.0. The quantitative estimate of drug-likeness (QED) is 0.399. The molecule has 248 valence electrons. The first-order valence-electron chi connectivity index (χ1n) is 16.9. The predicted molar refractivity (Wildman–Crippen MR) is 179 cm³/mol. The predicted octanol–water partition coefficient (Wildman–Crippen LogP) is 5.79. The Hall–Kier alpha value is -2.59. The third-order valence-corrected chi connectivity index (χ3v) is 13.5. The van der Waals surface area contributed by atoms with Gasteiger partial charge in [0, 0.05) is 36.2 Å². The van der Waals surface area contributed by atoms with Crippen molar-refractivity contribution in [1.82, 2.24) is 4.72 Å². The number of hydrogen-bond donors (Lipinski definition) is 2. The van der Waals surface area contributed by atoms with Crippen LogP contribution in [0.4, 0.5) is 5.69 Å². The Morgan fingerprint density at radius 1 is 1.13 bits per heavy atom. The van der Waals surface area contributed by atoms with Gasteiger partial charge >= 0.3 is 0 Å². The van der Waals surface area contributed by atoms with E-state index < -0.39 is 33.4 Å². The maximum Gasteiger partial charge on any atom is 0.264 e. The molecule has 8 nitrogen and oxygen atoms in total. The molecule has 2 saturated carbocycles. The monoisotopic (exact) mass is 668 g/mol. The molecule has 0 aromatic heterocycles. The highest BCUT2D eigenvalue weighted by Gasteiger charge is 2.45. The summed E-state index contributed by atoms with van der Waals surface area (Å²) in [5, 5.41) is 11.2. The van der Waals surface area contributed by atoms with Gasteiger partial charge in [-0.15, -0.1) is 0 Å². The lowest BCUT2D eigenvalue weighted by atomic mass is 9.68. The third kappa shape index (κ3) is 6.09. The zero-order chi connectivity index (χ0) is 32.1. The van der Waals surface area contributed by atoms with E-state index >= 15 is 0 Å². The van der Waals surface area contributed by atoms with Crippen molar-refractivity contribution in [1.29, 1.82) is 0 Å². The molecule has 2 bridgehead atoms. The second-order valence-electron chi connectivity index (χ2n) is 14.3. The summed E-state index contributed by atoms with van der Waals surface area (Å²) in [6.45, 7) is 1.88. The summed E-state index contributed by atoms with van der Waals surface area (Å²) in [7, 11) is -2.56. The molecule has 46 heavy (non-hydrogen) atoms. The fourth-order valence-corrected chi connectivity index (χ4v) is 10.4. The van der Waals surface area contributed by atoms with E-state index in [0.29, 0.717) is 38.3 Å². The summed E-state index contributed by atoms with van der Waals surface area (Å²) in [5.41, 5.74) is 3.29. The van der Waals surface area contributed by atoms with Gasteiger partial charge in [0.05, 0.1) is 24.5 Å². The molecule has 2 fully saturated rings. The lowest BCUT2D eigenvalue weighted by Crippen LogP contribution is -2.49. The molecule has 2 N–H and O–H groups in total. The molecule has 5 aliphatic rings. The van der Waals surface area contributed by atoms with Crippen molar-refractivity contribution in [2.24, 2.45) is 17.8 Å². The highest BCUT2D eigenvalue weighted by Crippen LogP contribution is 2.47. The molecule has 6 atom stereocenters. The van der Waals surface area contributed by atoms with Gasteiger partial charge in [0.15, 0.2) is 0 Å². The van der Waals surface area contributed by atoms with Gasteiger partial charge in [-0.2, -0.15) is 0 Å². The molecule has 0 unspecified atom stereocenters. The summed E-state index contributed by atoms with van der Waals surface area (Å²) in [6.07, 6.45) is 11.1. The number of nitrogens with zero attached hydrogens (tertiary/aromatic N) is 1. The molecule has 1 spiro atoms. The van der Waals surface area contributed by atoms with Crippen molar-refractivity contribution >= 4 is 33.2 Å². The first-order chi connectivity index (χ1) is 22.2. The largest absolute Gasteiger partial charge is 0.490 e. The molecule has 2 aromatic rings. The van der Waals surface area contributed by atoms with Crippen molar-refractivity contribution in [2.45, 2.75) is 87.1 Å². The SMILES string of the molecule is CO[C@H]1C/C=C/[C@H](O)[C@@H]2CC[C@H]2CN2C[C@@]3(CCCc4cc(Cl)ccc43)COc3ccc(cc32)C(=O)NS(=O)(=O)[C@H]1CC1CCC1. The molecular formula is C36H45ClN2O6S. The number of rotatable bonds is 3. The van der Waals surface area contributed by atoms with Gasteiger partial charge in [-0.1, -0.05) is 49.1 Å². The van der Waals surface area contributed by atoms with Crippen LogP contribution in [-0.4, -0.2) is 63.7 Å². The van der Waals surface area contributed by atoms with Crippen LogP contribution < -0.4 is 14.4 Å². The Bertz CT molecular complexity index is 1610. The molecule has 2 heterocycles. The third-order valence-electron chi connectivity index (χ3n) is 11.5. The minimum absolute atomic E-state index is 0.0900. The van der Waals surface area contributed by atoms with E-state index in [1.807, 2.05) is 18.2 Å². The fraction of sp³-hybridized carbons (Fsp3) is 0.583. The molecule has 2 aliphatic heterocycles. The van der Waals surface area contributed by atoms with Crippen LogP contribution in [0.5, 0.6) is 5.75 Å². The Balaban J connectivity index is 1.28. The van der Waals surface area contributed by atoms with Crippen LogP contribution in [0.15, 0.2) is 48.6 Å². The Labute approximate surface area is 277 Å². The summed E-state index contributed by atoms with van der Waals surface area (Å²) < 4.78 is 42.5. The number of halogens is 1. The van der Waals surface area contributed by atoms with E-state index in [-0.39, 0.29) is 28.7 Å². The van der Waals surface area contributed by atoms with Gasteiger partial charge in [0.1, 0.15) is 11.0 Å². The Morgan fingerprint density at radius 3 is 2.72 bits per heavy atom. The van der Waals surface area contributed by atoms with Gasteiger partial charge in [0.25, 0.3) is 5.91 Å². The Kier molecular flexibility index (Phi) is 8.89. The van der Waals surface area contributed by atoms with Gasteiger partial charge < -0.3 is 19.5 Å². The van der Waals surface area contributed by atoms with Crippen LogP contribution in [0.3, 0.4) is 0 Å². The van der Waals surface area contributed by atoms with Crippen LogP contribution in [0, 0.1) is 17.8 Å². The van der Waals surface area contributed by atoms with E-state index in [1.165, 1.54) is 18.2 Å². The number of amides is 1. The van der Waals surface area contributed by atoms with Crippen LogP contribution in [0.1, 0.15) is 79.3 Å². The number of benzene rings is 2. The summed E-state index contributed by atoms with van der Waals surface area (Å²) in [5.74, 6) is 0.666. The molecular weight excluding hydrogens is 624 g/mol. The number of methoxy groups -OCH3 is 1. The molecule has 3 aliphatic carbocycles. The van der Waals surface area contributed by atoms with Gasteiger partial charge in [0.2, 0.25) is 10.0 Å². The number of hydrogen-bond acceptors (Lipinski definition) is 7. The van der Waals surface area contributed by atoms with E-state index in [1.54, 1.807) is 18.2 Å². The van der Waals surface area contributed by atoms with E-state index in [0.717, 1.165) is 62.1 Å². The fourth-order valence-electron chi connectivity index (χ4n) is 8.50. The Morgan fingerprint density at radius 2 is 1.98 bits per heavy atom. The average Bonchev–Trinajstić information content (AvgIpc) is 3.13. The maximum atomic E-state index is 13.9. The number of fused-ring (bicyclic) bond motifs is 4. The molecule has 2 aromatic carbocycles. The summed E-state index contributed by atoms with van der Waals surface area (Å²) in [6, 6.07) is 11.4. The van der Waals surface area contributed by atoms with Gasteiger partial charge in [-0.25, -0.2) is 13.1 Å². The minimum atomic E-state index is -4.08. The number of aliphatic hydroxyl groups is 1. The van der Waals surface area contributed by atoms with Gasteiger partial charge in [-0.3, -0.25) is 4.79 Å². The smallest absolute Gasteiger partial charge is 0.264 e. The van der Waals surface area contributed by atoms with E-state index in [4.69, 9.17) is 21.1 Å². The second-order valence-corrected chi connectivity index (χ2v) is 16.6. The van der Waals surface area contributed by atoms with Crippen molar-refractivity contribution < 1.29 is 27.8 Å². The number of anilines is 1. The standard InChI is InChI=1S/C36H45ClN2O6S/c1-44-33-9-3-8-31(40)28-13-10-26(28)20-39-21-36(16-4-7-24-18-27(37)12-14-29(24)36)22-45-32-15-11-25(19-30(32)39)35(41)38-46(42,43)34(33)17-23-5-2-6-23/h3,8,11-12,14-15,18-19,23,26,28,31,33-34,40H,2,4-7,9-10,13,16-17,20-22H2,1H3,(H,38,41)/b8-3+/t26-,28+,31-,33-,34-,36-/m0/s1. The zero-order valence-electron chi connectivity index (χ0n) is 26.5. The number of aryl methyl sites for hydroxylation is 1. The van der Waals surface area contributed by atoms with Crippen molar-refractivity contribution in [3.8, 4) is 5.75 Å². The molecule has 10 heteroatoms. The zero-order valence-corrected chi connectivity index (χ0v) is 28.1. The lowest BCUT2D eigenvalue weighted by Gasteiger charge is -2.45. The average molecular weight is 669 g/mol.